The number of fused-ring (bicyclic) bond motifs is 1. The number of rotatable bonds is 2. The second-order valence-corrected chi connectivity index (χ2v) is 3.93. The summed E-state index contributed by atoms with van der Waals surface area (Å²) >= 11 is 0. The van der Waals surface area contributed by atoms with Gasteiger partial charge in [0.15, 0.2) is 0 Å². The van der Waals surface area contributed by atoms with Crippen molar-refractivity contribution in [3.05, 3.63) is 29.3 Å². The van der Waals surface area contributed by atoms with Gasteiger partial charge in [0.05, 0.1) is 6.61 Å². The molecular formula is C12H12FNO2. The Balaban J connectivity index is 2.40. The van der Waals surface area contributed by atoms with Crippen LogP contribution in [0.3, 0.4) is 0 Å². The molecule has 16 heavy (non-hydrogen) atoms. The number of alkyl halides is 1. The second-order valence-electron chi connectivity index (χ2n) is 3.93. The lowest BCUT2D eigenvalue weighted by Crippen LogP contribution is -2.14. The molecule has 1 aliphatic rings. The van der Waals surface area contributed by atoms with Crippen LogP contribution in [-0.4, -0.2) is 12.7 Å². The third kappa shape index (κ3) is 1.97. The lowest BCUT2D eigenvalue weighted by atomic mass is 10.00. The Bertz CT molecular complexity index is 450. The maximum atomic E-state index is 13.9. The number of benzene rings is 1. The number of carbonyl (C=O) groups excluding carboxylic acids is 1. The van der Waals surface area contributed by atoms with E-state index < -0.39 is 5.79 Å². The summed E-state index contributed by atoms with van der Waals surface area (Å²) in [5, 5.41) is 0. The van der Waals surface area contributed by atoms with Crippen molar-refractivity contribution in [2.75, 3.05) is 6.61 Å². The lowest BCUT2D eigenvalue weighted by molar-refractivity contribution is 0.204. The molecule has 4 heteroatoms. The Labute approximate surface area is 93.0 Å². The van der Waals surface area contributed by atoms with Crippen molar-refractivity contribution in [1.82, 2.24) is 0 Å². The minimum absolute atomic E-state index is 0.316. The van der Waals surface area contributed by atoms with Gasteiger partial charge in [-0.25, -0.2) is 9.18 Å². The fourth-order valence-electron chi connectivity index (χ4n) is 1.77. The molecule has 0 radical (unpaired) electrons. The highest BCUT2D eigenvalue weighted by molar-refractivity contribution is 5.42. The topological polar surface area (TPSA) is 38.7 Å². The first-order valence-electron chi connectivity index (χ1n) is 5.17. The van der Waals surface area contributed by atoms with Crippen molar-refractivity contribution in [2.45, 2.75) is 25.6 Å². The molecule has 1 aliphatic heterocycles. The molecule has 1 heterocycles. The van der Waals surface area contributed by atoms with Crippen molar-refractivity contribution in [3.63, 3.8) is 0 Å². The van der Waals surface area contributed by atoms with Gasteiger partial charge in [-0.05, 0) is 31.4 Å². The van der Waals surface area contributed by atoms with Gasteiger partial charge in [0, 0.05) is 5.56 Å². The zero-order valence-electron chi connectivity index (χ0n) is 9.00. The Morgan fingerprint density at radius 2 is 2.38 bits per heavy atom. The number of ether oxygens (including phenoxy) is 1. The molecule has 1 aromatic carbocycles. The average molecular weight is 221 g/mol. The molecule has 0 aromatic heterocycles. The second kappa shape index (κ2) is 4.06. The van der Waals surface area contributed by atoms with Crippen LogP contribution < -0.4 is 4.74 Å². The zero-order valence-corrected chi connectivity index (χ0v) is 9.00. The first kappa shape index (κ1) is 10.8. The summed E-state index contributed by atoms with van der Waals surface area (Å²) in [6.45, 7) is 1.87. The van der Waals surface area contributed by atoms with E-state index in [9.17, 15) is 9.18 Å². The molecule has 84 valence electrons. The average Bonchev–Trinajstić information content (AvgIpc) is 2.28. The molecule has 1 unspecified atom stereocenters. The van der Waals surface area contributed by atoms with Crippen LogP contribution in [0.5, 0.6) is 5.75 Å². The first-order chi connectivity index (χ1) is 7.63. The smallest absolute Gasteiger partial charge is 0.238 e. The zero-order chi connectivity index (χ0) is 11.6. The molecule has 1 atom stereocenters. The van der Waals surface area contributed by atoms with Crippen LogP contribution >= 0.6 is 0 Å². The highest BCUT2D eigenvalue weighted by Crippen LogP contribution is 2.33. The van der Waals surface area contributed by atoms with Gasteiger partial charge in [-0.2, -0.15) is 4.99 Å². The Hall–Kier alpha value is -1.67. The Morgan fingerprint density at radius 1 is 1.56 bits per heavy atom. The predicted octanol–water partition coefficient (Wildman–Crippen LogP) is 2.49. The van der Waals surface area contributed by atoms with Crippen LogP contribution in [0.15, 0.2) is 23.2 Å². The van der Waals surface area contributed by atoms with Gasteiger partial charge >= 0.3 is 0 Å². The molecule has 0 fully saturated rings. The van der Waals surface area contributed by atoms with Crippen molar-refractivity contribution in [2.24, 2.45) is 4.99 Å². The van der Waals surface area contributed by atoms with Crippen molar-refractivity contribution in [3.8, 4) is 5.75 Å². The summed E-state index contributed by atoms with van der Waals surface area (Å²) in [5.74, 6) is -1.34. The summed E-state index contributed by atoms with van der Waals surface area (Å²) < 4.78 is 19.3. The Kier molecular flexibility index (Phi) is 2.75. The van der Waals surface area contributed by atoms with Gasteiger partial charge in [0.2, 0.25) is 11.9 Å². The number of halogens is 1. The molecule has 0 bridgehead atoms. The summed E-state index contributed by atoms with van der Waals surface area (Å²) in [7, 11) is 0. The third-order valence-electron chi connectivity index (χ3n) is 2.70. The minimum Gasteiger partial charge on any atom is -0.493 e. The summed E-state index contributed by atoms with van der Waals surface area (Å²) in [5.41, 5.74) is 1.39. The van der Waals surface area contributed by atoms with Crippen LogP contribution in [0.4, 0.5) is 4.39 Å². The van der Waals surface area contributed by atoms with Gasteiger partial charge in [-0.15, -0.1) is 0 Å². The highest BCUT2D eigenvalue weighted by Gasteiger charge is 2.26. The number of aliphatic imine (C=N–C) groups is 1. The predicted molar refractivity (Wildman–Crippen MR) is 56.8 cm³/mol. The number of nitrogens with zero attached hydrogens (tertiary/aromatic N) is 1. The maximum Gasteiger partial charge on any atom is 0.238 e. The van der Waals surface area contributed by atoms with E-state index in [0.717, 1.165) is 18.4 Å². The SMILES string of the molecule is CC(F)(N=C=O)c1ccc2c(c1)OCCC2. The van der Waals surface area contributed by atoms with Gasteiger partial charge in [-0.1, -0.05) is 12.1 Å². The molecule has 3 nitrogen and oxygen atoms in total. The first-order valence-corrected chi connectivity index (χ1v) is 5.17. The van der Waals surface area contributed by atoms with Gasteiger partial charge in [0.1, 0.15) is 5.75 Å². The normalized spacial score (nSPS) is 17.6. The third-order valence-corrected chi connectivity index (χ3v) is 2.70. The fourth-order valence-corrected chi connectivity index (χ4v) is 1.77. The number of isocyanates is 1. The quantitative estimate of drug-likeness (QED) is 0.437. The van der Waals surface area contributed by atoms with Gasteiger partial charge in [0.25, 0.3) is 0 Å². The minimum atomic E-state index is -2.03. The van der Waals surface area contributed by atoms with Crippen LogP contribution in [-0.2, 0) is 17.0 Å². The number of hydrogen-bond donors (Lipinski definition) is 0. The summed E-state index contributed by atoms with van der Waals surface area (Å²) in [6, 6.07) is 5.06. The van der Waals surface area contributed by atoms with Crippen molar-refractivity contribution in [1.29, 1.82) is 0 Å². The largest absolute Gasteiger partial charge is 0.493 e. The molecule has 2 rings (SSSR count). The van der Waals surface area contributed by atoms with E-state index in [2.05, 4.69) is 4.99 Å². The maximum absolute atomic E-state index is 13.9. The molecule has 0 spiro atoms. The van der Waals surface area contributed by atoms with E-state index in [-0.39, 0.29) is 0 Å². The van der Waals surface area contributed by atoms with Crippen LogP contribution in [0.25, 0.3) is 0 Å². The molecule has 1 aromatic rings. The standard InChI is InChI=1S/C12H12FNO2/c1-12(13,14-8-15)10-5-4-9-3-2-6-16-11(9)7-10/h4-5,7H,2-3,6H2,1H3. The highest BCUT2D eigenvalue weighted by atomic mass is 19.1. The van der Waals surface area contributed by atoms with Gasteiger partial charge in [-0.3, -0.25) is 0 Å². The Morgan fingerprint density at radius 3 is 3.12 bits per heavy atom. The molecule has 0 saturated heterocycles. The van der Waals surface area contributed by atoms with E-state index >= 15 is 0 Å². The lowest BCUT2D eigenvalue weighted by Gasteiger charge is -2.20. The van der Waals surface area contributed by atoms with E-state index in [1.807, 2.05) is 6.07 Å². The van der Waals surface area contributed by atoms with E-state index in [1.165, 1.54) is 13.0 Å². The number of aryl methyl sites for hydroxylation is 1. The van der Waals surface area contributed by atoms with Crippen molar-refractivity contribution < 1.29 is 13.9 Å². The summed E-state index contributed by atoms with van der Waals surface area (Å²) in [6.07, 6.45) is 3.16. The van der Waals surface area contributed by atoms with Crippen molar-refractivity contribution >= 4 is 6.08 Å². The summed E-state index contributed by atoms with van der Waals surface area (Å²) in [4.78, 5) is 13.3. The van der Waals surface area contributed by atoms with Crippen LogP contribution in [0.2, 0.25) is 0 Å². The van der Waals surface area contributed by atoms with Gasteiger partial charge < -0.3 is 4.74 Å². The monoisotopic (exact) mass is 221 g/mol. The molecule has 0 amide bonds. The number of hydrogen-bond acceptors (Lipinski definition) is 3. The van der Waals surface area contributed by atoms with E-state index in [1.54, 1.807) is 12.1 Å². The van der Waals surface area contributed by atoms with Crippen LogP contribution in [0.1, 0.15) is 24.5 Å². The molecule has 0 saturated carbocycles. The van der Waals surface area contributed by atoms with E-state index in [0.29, 0.717) is 17.9 Å². The molecule has 0 aliphatic carbocycles. The molecule has 0 N–H and O–H groups in total. The fraction of sp³-hybridized carbons (Fsp3) is 0.417. The van der Waals surface area contributed by atoms with E-state index in [4.69, 9.17) is 4.74 Å². The molecular weight excluding hydrogens is 209 g/mol. The van der Waals surface area contributed by atoms with Crippen LogP contribution in [0, 0.1) is 0 Å².